The van der Waals surface area contributed by atoms with E-state index in [1.807, 2.05) is 33.8 Å². The number of benzene rings is 3. The number of anilines is 2. The molecule has 1 heterocycles. The molecule has 248 valence electrons. The molecule has 3 N–H and O–H groups in total. The number of rotatable bonds is 10. The molecular weight excluding hydrogens is 637 g/mol. The van der Waals surface area contributed by atoms with Crippen molar-refractivity contribution in [2.75, 3.05) is 17.2 Å². The van der Waals surface area contributed by atoms with E-state index in [0.717, 1.165) is 24.8 Å². The highest BCUT2D eigenvalue weighted by Gasteiger charge is 2.44. The Bertz CT molecular complexity index is 1660. The van der Waals surface area contributed by atoms with Gasteiger partial charge in [-0.05, 0) is 112 Å². The minimum atomic E-state index is -1.54. The van der Waals surface area contributed by atoms with Gasteiger partial charge in [-0.15, -0.1) is 4.72 Å². The SMILES string of the molecule is C[C@H]1C[C@@H](C(=O)Nc2cc(C(CCC3CC3)(N[S@+]([O-])C(C)(C)C)c3cccc(C#N)c3)ccc2F)N(C(=O)Nc2ccc(Cl)cc2)C1. The Balaban J connectivity index is 1.48. The van der Waals surface area contributed by atoms with E-state index in [-0.39, 0.29) is 11.6 Å². The van der Waals surface area contributed by atoms with Gasteiger partial charge in [-0.3, -0.25) is 4.79 Å². The first-order chi connectivity index (χ1) is 22.3. The molecule has 47 heavy (non-hydrogen) atoms. The summed E-state index contributed by atoms with van der Waals surface area (Å²) in [5.74, 6) is -0.550. The molecule has 3 aromatic carbocycles. The van der Waals surface area contributed by atoms with Crippen molar-refractivity contribution in [1.29, 1.82) is 5.26 Å². The molecule has 1 aliphatic heterocycles. The van der Waals surface area contributed by atoms with Gasteiger partial charge in [0.05, 0.1) is 17.3 Å². The Hall–Kier alpha value is -3.62. The van der Waals surface area contributed by atoms with Crippen LogP contribution in [0.4, 0.5) is 20.6 Å². The molecule has 11 heteroatoms. The normalized spacial score (nSPS) is 19.8. The number of nitrogens with zero attached hydrogens (tertiary/aromatic N) is 2. The molecule has 1 saturated carbocycles. The lowest BCUT2D eigenvalue weighted by molar-refractivity contribution is -0.119. The van der Waals surface area contributed by atoms with Crippen molar-refractivity contribution in [3.8, 4) is 6.07 Å². The van der Waals surface area contributed by atoms with Crippen LogP contribution in [0.2, 0.25) is 5.02 Å². The summed E-state index contributed by atoms with van der Waals surface area (Å²) < 4.78 is 32.1. The van der Waals surface area contributed by atoms with Crippen LogP contribution in [0.25, 0.3) is 0 Å². The average Bonchev–Trinajstić information content (AvgIpc) is 3.79. The van der Waals surface area contributed by atoms with Crippen molar-refractivity contribution < 1.29 is 18.5 Å². The maximum absolute atomic E-state index is 15.5. The number of carbonyl (C=O) groups excluding carboxylic acids is 2. The van der Waals surface area contributed by atoms with Gasteiger partial charge >= 0.3 is 6.03 Å². The van der Waals surface area contributed by atoms with E-state index >= 15 is 4.39 Å². The zero-order valence-electron chi connectivity index (χ0n) is 27.1. The van der Waals surface area contributed by atoms with Crippen LogP contribution in [-0.2, 0) is 21.7 Å². The molecule has 4 atom stereocenters. The number of hydrogen-bond donors (Lipinski definition) is 3. The van der Waals surface area contributed by atoms with E-state index in [9.17, 15) is 19.4 Å². The molecule has 1 saturated heterocycles. The summed E-state index contributed by atoms with van der Waals surface area (Å²) in [6, 6.07) is 19.3. The first kappa shape index (κ1) is 34.7. The van der Waals surface area contributed by atoms with Crippen molar-refractivity contribution >= 4 is 46.3 Å². The molecule has 3 aromatic rings. The second-order valence-electron chi connectivity index (χ2n) is 13.7. The van der Waals surface area contributed by atoms with Gasteiger partial charge in [0.2, 0.25) is 5.91 Å². The fourth-order valence-electron chi connectivity index (χ4n) is 5.97. The number of likely N-dealkylation sites (tertiary alicyclic amines) is 1. The zero-order chi connectivity index (χ0) is 33.9. The van der Waals surface area contributed by atoms with Gasteiger partial charge < -0.3 is 20.1 Å². The molecule has 5 rings (SSSR count). The first-order valence-corrected chi connectivity index (χ1v) is 17.5. The maximum Gasteiger partial charge on any atom is 0.322 e. The Labute approximate surface area is 284 Å². The number of carbonyl (C=O) groups is 2. The topological polar surface area (TPSA) is 120 Å². The molecule has 3 amide bonds. The van der Waals surface area contributed by atoms with Crippen LogP contribution >= 0.6 is 11.6 Å². The maximum atomic E-state index is 15.5. The number of halogens is 2. The smallest absolute Gasteiger partial charge is 0.322 e. The summed E-state index contributed by atoms with van der Waals surface area (Å²) in [7, 11) is 0. The number of amides is 3. The number of hydrogen-bond acceptors (Lipinski definition) is 5. The summed E-state index contributed by atoms with van der Waals surface area (Å²) >= 11 is 4.44. The standard InChI is InChI=1S/C36H41ClFN5O3S/c1-23-18-32(43(22-23)34(45)40-29-13-11-28(37)12-14-29)33(44)41-31-20-27(10-15-30(31)38)36(17-16-24-8-9-24,42-47(46)35(2,3)4)26-7-5-6-25(19-26)21-39/h5-7,10-15,19-20,23-24,32,42H,8-9,16-18,22H2,1-4H3,(H,40,45)(H,41,44)/t23-,32-,36?,47+/m0/s1. The van der Waals surface area contributed by atoms with Crippen molar-refractivity contribution in [3.63, 3.8) is 0 Å². The van der Waals surface area contributed by atoms with Gasteiger partial charge in [0.15, 0.2) is 0 Å². The molecule has 0 bridgehead atoms. The number of urea groups is 1. The Morgan fingerprint density at radius 2 is 1.77 bits per heavy atom. The van der Waals surface area contributed by atoms with Crippen LogP contribution in [0, 0.1) is 29.0 Å². The van der Waals surface area contributed by atoms with Crippen molar-refractivity contribution in [3.05, 3.63) is 94.3 Å². The fourth-order valence-corrected chi connectivity index (χ4v) is 7.05. The second kappa shape index (κ2) is 14.2. The van der Waals surface area contributed by atoms with E-state index < -0.39 is 45.4 Å². The summed E-state index contributed by atoms with van der Waals surface area (Å²) in [6.07, 6.45) is 4.03. The fraction of sp³-hybridized carbons (Fsp3) is 0.417. The van der Waals surface area contributed by atoms with Crippen LogP contribution in [0.3, 0.4) is 0 Å². The highest BCUT2D eigenvalue weighted by molar-refractivity contribution is 7.90. The minimum Gasteiger partial charge on any atom is -0.598 e. The molecule has 0 spiro atoms. The van der Waals surface area contributed by atoms with Crippen LogP contribution in [0.15, 0.2) is 66.7 Å². The molecular formula is C36H41ClFN5O3S. The van der Waals surface area contributed by atoms with Crippen molar-refractivity contribution in [1.82, 2.24) is 9.62 Å². The first-order valence-electron chi connectivity index (χ1n) is 15.9. The quantitative estimate of drug-likeness (QED) is 0.190. The van der Waals surface area contributed by atoms with E-state index in [1.54, 1.807) is 54.6 Å². The lowest BCUT2D eigenvalue weighted by atomic mass is 9.79. The van der Waals surface area contributed by atoms with E-state index in [4.69, 9.17) is 11.6 Å². The third-order valence-corrected chi connectivity index (χ3v) is 10.7. The predicted molar refractivity (Wildman–Crippen MR) is 185 cm³/mol. The van der Waals surface area contributed by atoms with Gasteiger partial charge in [-0.2, -0.15) is 5.26 Å². The minimum absolute atomic E-state index is 0.0410. The average molecular weight is 678 g/mol. The molecule has 0 radical (unpaired) electrons. The van der Waals surface area contributed by atoms with E-state index in [0.29, 0.717) is 47.1 Å². The lowest BCUT2D eigenvalue weighted by Crippen LogP contribution is -2.52. The molecule has 1 unspecified atom stereocenters. The Morgan fingerprint density at radius 1 is 1.06 bits per heavy atom. The number of nitriles is 1. The Morgan fingerprint density at radius 3 is 2.43 bits per heavy atom. The van der Waals surface area contributed by atoms with Crippen LogP contribution in [0.5, 0.6) is 0 Å². The summed E-state index contributed by atoms with van der Waals surface area (Å²) in [5.41, 5.74) is 1.24. The monoisotopic (exact) mass is 677 g/mol. The molecule has 2 aliphatic rings. The lowest BCUT2D eigenvalue weighted by Gasteiger charge is -2.39. The summed E-state index contributed by atoms with van der Waals surface area (Å²) in [6.45, 7) is 7.95. The highest BCUT2D eigenvalue weighted by atomic mass is 35.5. The molecule has 2 fully saturated rings. The predicted octanol–water partition coefficient (Wildman–Crippen LogP) is 7.72. The highest BCUT2D eigenvalue weighted by Crippen LogP contribution is 2.43. The van der Waals surface area contributed by atoms with Crippen LogP contribution in [-0.4, -0.2) is 38.7 Å². The largest absolute Gasteiger partial charge is 0.598 e. The zero-order valence-corrected chi connectivity index (χ0v) is 28.7. The molecule has 0 aromatic heterocycles. The van der Waals surface area contributed by atoms with Crippen LogP contribution in [0.1, 0.15) is 76.5 Å². The third-order valence-electron chi connectivity index (χ3n) is 8.82. The van der Waals surface area contributed by atoms with E-state index in [2.05, 4.69) is 21.4 Å². The van der Waals surface area contributed by atoms with Crippen molar-refractivity contribution in [2.24, 2.45) is 11.8 Å². The third kappa shape index (κ3) is 8.28. The van der Waals surface area contributed by atoms with Crippen LogP contribution < -0.4 is 15.4 Å². The van der Waals surface area contributed by atoms with Gasteiger partial charge in [0, 0.05) is 28.6 Å². The Kier molecular flexibility index (Phi) is 10.5. The van der Waals surface area contributed by atoms with Gasteiger partial charge in [0.1, 0.15) is 22.1 Å². The van der Waals surface area contributed by atoms with Gasteiger partial charge in [-0.1, -0.05) is 49.6 Å². The molecule has 8 nitrogen and oxygen atoms in total. The van der Waals surface area contributed by atoms with Gasteiger partial charge in [-0.25, -0.2) is 9.18 Å². The van der Waals surface area contributed by atoms with Gasteiger partial charge in [0.25, 0.3) is 0 Å². The molecule has 1 aliphatic carbocycles. The summed E-state index contributed by atoms with van der Waals surface area (Å²) in [5, 5.41) is 15.9. The summed E-state index contributed by atoms with van der Waals surface area (Å²) in [4.78, 5) is 28.5. The van der Waals surface area contributed by atoms with E-state index in [1.165, 1.54) is 11.0 Å². The number of nitrogens with one attached hydrogen (secondary N) is 3. The second-order valence-corrected chi connectivity index (χ2v) is 16.1. The van der Waals surface area contributed by atoms with Crippen molar-refractivity contribution in [2.45, 2.75) is 76.1 Å².